The van der Waals surface area contributed by atoms with Crippen LogP contribution in [0.25, 0.3) is 5.57 Å². The first-order chi connectivity index (χ1) is 10.1. The lowest BCUT2D eigenvalue weighted by Gasteiger charge is -2.06. The van der Waals surface area contributed by atoms with Crippen LogP contribution in [0.5, 0.6) is 0 Å². The summed E-state index contributed by atoms with van der Waals surface area (Å²) in [5, 5.41) is 1.49. The van der Waals surface area contributed by atoms with Crippen molar-refractivity contribution in [2.45, 2.75) is 13.8 Å². The van der Waals surface area contributed by atoms with Gasteiger partial charge in [0.2, 0.25) is 0 Å². The van der Waals surface area contributed by atoms with Crippen LogP contribution in [-0.4, -0.2) is 0 Å². The van der Waals surface area contributed by atoms with Gasteiger partial charge in [0.15, 0.2) is 0 Å². The third-order valence-corrected chi connectivity index (χ3v) is 4.66. The van der Waals surface area contributed by atoms with Crippen molar-refractivity contribution in [2.24, 2.45) is 11.8 Å². The van der Waals surface area contributed by atoms with Gasteiger partial charge in [0.1, 0.15) is 0 Å². The summed E-state index contributed by atoms with van der Waals surface area (Å²) in [4.78, 5) is 0. The predicted molar refractivity (Wildman–Crippen MR) is 90.8 cm³/mol. The van der Waals surface area contributed by atoms with E-state index in [-0.39, 0.29) is 0 Å². The Morgan fingerprint density at radius 1 is 0.762 bits per heavy atom. The molecule has 2 atom stereocenters. The molecule has 0 N–H and O–H groups in total. The van der Waals surface area contributed by atoms with Gasteiger partial charge < -0.3 is 0 Å². The highest BCUT2D eigenvalue weighted by Crippen LogP contribution is 2.44. The lowest BCUT2D eigenvalue weighted by Crippen LogP contribution is -1.86. The third-order valence-electron chi connectivity index (χ3n) is 4.16. The molecule has 0 aliphatic heterocycles. The predicted octanol–water partition coefficient (Wildman–Crippen LogP) is 6.24. The number of allylic oxidation sites excluding steroid dienone is 1. The Bertz CT molecular complexity index is 660. The zero-order chi connectivity index (χ0) is 15.0. The Hall–Kier alpha value is -1.46. The van der Waals surface area contributed by atoms with Crippen molar-refractivity contribution in [1.82, 2.24) is 0 Å². The second kappa shape index (κ2) is 5.73. The molecule has 1 aliphatic carbocycles. The van der Waals surface area contributed by atoms with Gasteiger partial charge in [0, 0.05) is 15.6 Å². The van der Waals surface area contributed by atoms with Crippen molar-refractivity contribution in [3.63, 3.8) is 0 Å². The van der Waals surface area contributed by atoms with Crippen LogP contribution in [-0.2, 0) is 0 Å². The maximum absolute atomic E-state index is 6.00. The number of hydrogen-bond donors (Lipinski definition) is 0. The number of hydrogen-bond acceptors (Lipinski definition) is 0. The average molecular weight is 315 g/mol. The molecule has 2 aromatic rings. The maximum Gasteiger partial charge on any atom is 0.0406 e. The standard InChI is InChI=1S/C19H16Cl2/c1-12-13(2)18(12)11-19(14-3-7-16(20)8-4-14)15-5-9-17(21)10-6-15/h3-10,12-13H,1-2H3/t12-,13-/m0/s1. The van der Waals surface area contributed by atoms with Crippen molar-refractivity contribution < 1.29 is 0 Å². The number of halogens is 2. The molecule has 0 spiro atoms. The molecule has 0 unspecified atom stereocenters. The zero-order valence-electron chi connectivity index (χ0n) is 12.0. The molecule has 21 heavy (non-hydrogen) atoms. The fourth-order valence-corrected chi connectivity index (χ4v) is 2.74. The molecular formula is C19H16Cl2. The van der Waals surface area contributed by atoms with E-state index in [4.69, 9.17) is 23.2 Å². The van der Waals surface area contributed by atoms with Crippen molar-refractivity contribution in [2.75, 3.05) is 0 Å². The molecule has 2 heteroatoms. The van der Waals surface area contributed by atoms with E-state index in [2.05, 4.69) is 19.6 Å². The van der Waals surface area contributed by atoms with Crippen molar-refractivity contribution in [3.05, 3.63) is 81.0 Å². The second-order valence-electron chi connectivity index (χ2n) is 5.55. The van der Waals surface area contributed by atoms with Gasteiger partial charge in [-0.05, 0) is 52.8 Å². The molecule has 0 aromatic heterocycles. The van der Waals surface area contributed by atoms with Crippen LogP contribution in [0, 0.1) is 11.8 Å². The minimum Gasteiger partial charge on any atom is -0.112 e. The molecule has 0 heterocycles. The monoisotopic (exact) mass is 314 g/mol. The third kappa shape index (κ3) is 3.09. The topological polar surface area (TPSA) is 0 Å². The van der Waals surface area contributed by atoms with E-state index in [9.17, 15) is 0 Å². The molecule has 0 radical (unpaired) electrons. The summed E-state index contributed by atoms with van der Waals surface area (Å²) in [6.07, 6.45) is 0. The highest BCUT2D eigenvalue weighted by Gasteiger charge is 2.35. The molecule has 0 nitrogen and oxygen atoms in total. The smallest absolute Gasteiger partial charge is 0.0406 e. The van der Waals surface area contributed by atoms with E-state index < -0.39 is 0 Å². The van der Waals surface area contributed by atoms with Crippen LogP contribution in [0.3, 0.4) is 0 Å². The fraction of sp³-hybridized carbons (Fsp3) is 0.211. The Morgan fingerprint density at radius 3 is 1.48 bits per heavy atom. The maximum atomic E-state index is 6.00. The summed E-state index contributed by atoms with van der Waals surface area (Å²) in [5.41, 5.74) is 8.35. The fourth-order valence-electron chi connectivity index (χ4n) is 2.48. The van der Waals surface area contributed by atoms with Crippen LogP contribution in [0.4, 0.5) is 0 Å². The summed E-state index contributed by atoms with van der Waals surface area (Å²) in [6.45, 7) is 4.49. The summed E-state index contributed by atoms with van der Waals surface area (Å²) >= 11 is 12.0. The molecule has 0 amide bonds. The zero-order valence-corrected chi connectivity index (χ0v) is 13.5. The first-order valence-corrected chi connectivity index (χ1v) is 7.84. The molecular weight excluding hydrogens is 299 g/mol. The molecule has 0 saturated heterocycles. The Kier molecular flexibility index (Phi) is 3.95. The second-order valence-corrected chi connectivity index (χ2v) is 6.42. The van der Waals surface area contributed by atoms with E-state index in [0.717, 1.165) is 26.7 Å². The van der Waals surface area contributed by atoms with Gasteiger partial charge in [0.05, 0.1) is 0 Å². The van der Waals surface area contributed by atoms with Crippen molar-refractivity contribution in [1.29, 1.82) is 0 Å². The normalized spacial score (nSPS) is 20.1. The van der Waals surface area contributed by atoms with E-state index in [1.54, 1.807) is 0 Å². The van der Waals surface area contributed by atoms with Crippen LogP contribution >= 0.6 is 23.2 Å². The van der Waals surface area contributed by atoms with Gasteiger partial charge in [-0.3, -0.25) is 0 Å². The van der Waals surface area contributed by atoms with Crippen LogP contribution in [0.2, 0.25) is 10.0 Å². The van der Waals surface area contributed by atoms with Crippen molar-refractivity contribution >= 4 is 28.8 Å². The molecule has 2 aromatic carbocycles. The van der Waals surface area contributed by atoms with E-state index in [1.165, 1.54) is 5.57 Å². The summed E-state index contributed by atoms with van der Waals surface area (Å²) in [6, 6.07) is 15.8. The molecule has 1 saturated carbocycles. The van der Waals surface area contributed by atoms with Crippen LogP contribution < -0.4 is 0 Å². The van der Waals surface area contributed by atoms with Crippen molar-refractivity contribution in [3.8, 4) is 0 Å². The summed E-state index contributed by atoms with van der Waals surface area (Å²) in [5.74, 6) is 1.25. The minimum absolute atomic E-state index is 0.625. The van der Waals surface area contributed by atoms with Crippen LogP contribution in [0.1, 0.15) is 25.0 Å². The average Bonchev–Trinajstić information content (AvgIpc) is 3.05. The van der Waals surface area contributed by atoms with E-state index >= 15 is 0 Å². The summed E-state index contributed by atoms with van der Waals surface area (Å²) in [7, 11) is 0. The largest absolute Gasteiger partial charge is 0.112 e. The van der Waals surface area contributed by atoms with Gasteiger partial charge in [-0.15, -0.1) is 5.73 Å². The lowest BCUT2D eigenvalue weighted by molar-refractivity contribution is 0.834. The van der Waals surface area contributed by atoms with Gasteiger partial charge in [0.25, 0.3) is 0 Å². The summed E-state index contributed by atoms with van der Waals surface area (Å²) < 4.78 is 0. The van der Waals surface area contributed by atoms with Gasteiger partial charge in [-0.25, -0.2) is 0 Å². The highest BCUT2D eigenvalue weighted by molar-refractivity contribution is 6.31. The van der Waals surface area contributed by atoms with E-state index in [1.807, 2.05) is 48.5 Å². The lowest BCUT2D eigenvalue weighted by atomic mass is 9.98. The van der Waals surface area contributed by atoms with Gasteiger partial charge in [-0.2, -0.15) is 0 Å². The first-order valence-electron chi connectivity index (χ1n) is 7.09. The molecule has 3 rings (SSSR count). The number of benzene rings is 2. The van der Waals surface area contributed by atoms with Gasteiger partial charge >= 0.3 is 0 Å². The Balaban J connectivity index is 2.14. The minimum atomic E-state index is 0.625. The highest BCUT2D eigenvalue weighted by atomic mass is 35.5. The van der Waals surface area contributed by atoms with E-state index in [0.29, 0.717) is 11.8 Å². The molecule has 0 bridgehead atoms. The molecule has 1 aliphatic rings. The molecule has 106 valence electrons. The molecule has 1 fully saturated rings. The Labute approximate surface area is 135 Å². The number of rotatable bonds is 2. The first kappa shape index (κ1) is 14.5. The Morgan fingerprint density at radius 2 is 1.14 bits per heavy atom. The quantitative estimate of drug-likeness (QED) is 0.576. The SMILES string of the molecule is C[C@@H]1C(=C=C(c2ccc(Cl)cc2)c2ccc(Cl)cc2)[C@H]1C. The van der Waals surface area contributed by atoms with Crippen LogP contribution in [0.15, 0.2) is 59.8 Å². The van der Waals surface area contributed by atoms with Gasteiger partial charge in [-0.1, -0.05) is 61.3 Å².